The molecule has 174 valence electrons. The molecule has 0 unspecified atom stereocenters. The second-order valence-corrected chi connectivity index (χ2v) is 8.71. The van der Waals surface area contributed by atoms with Gasteiger partial charge in [-0.2, -0.15) is 0 Å². The Hall–Kier alpha value is -4.16. The minimum absolute atomic E-state index is 0.252. The van der Waals surface area contributed by atoms with Crippen molar-refractivity contribution in [1.82, 2.24) is 20.8 Å². The molecule has 0 spiro atoms. The maximum absolute atomic E-state index is 12.4. The second kappa shape index (κ2) is 9.99. The number of aromatic nitrogens is 2. The number of amides is 2. The largest absolute Gasteiger partial charge is 0.353 e. The lowest BCUT2D eigenvalue weighted by Gasteiger charge is -2.09. The molecule has 0 radical (unpaired) electrons. The molecular weight excluding hydrogens is 460 g/mol. The van der Waals surface area contributed by atoms with Gasteiger partial charge in [0.2, 0.25) is 5.91 Å². The summed E-state index contributed by atoms with van der Waals surface area (Å²) in [6.07, 6.45) is 1.57. The van der Waals surface area contributed by atoms with Crippen LogP contribution in [-0.2, 0) is 11.2 Å². The summed E-state index contributed by atoms with van der Waals surface area (Å²) in [6.45, 7) is 0. The van der Waals surface area contributed by atoms with Gasteiger partial charge < -0.3 is 4.98 Å². The van der Waals surface area contributed by atoms with Crippen LogP contribution in [0.1, 0.15) is 28.8 Å². The molecule has 0 saturated heterocycles. The van der Waals surface area contributed by atoms with Crippen molar-refractivity contribution in [2.24, 2.45) is 0 Å². The number of H-pyrrole nitrogens is 1. The fraction of sp³-hybridized carbons (Fsp3) is 0.107. The molecule has 5 aromatic rings. The van der Waals surface area contributed by atoms with Gasteiger partial charge in [0.15, 0.2) is 0 Å². The molecule has 0 aliphatic heterocycles. The summed E-state index contributed by atoms with van der Waals surface area (Å²) in [4.78, 5) is 32.9. The number of carbonyl (C=O) groups excluding carboxylic acids is 2. The Balaban J connectivity index is 1.28. The van der Waals surface area contributed by atoms with Crippen LogP contribution in [0.15, 0.2) is 84.9 Å². The number of nitrogens with zero attached hydrogens (tertiary/aromatic N) is 1. The SMILES string of the molecule is O=C(CCCc1c(-c2ccc3ccccc3n2)[nH]c2ccccc12)NNC(=O)c1ccc(Cl)cc1. The first-order valence-corrected chi connectivity index (χ1v) is 11.8. The molecule has 2 aromatic heterocycles. The zero-order chi connectivity index (χ0) is 24.2. The third-order valence-corrected chi connectivity index (χ3v) is 6.17. The summed E-state index contributed by atoms with van der Waals surface area (Å²) >= 11 is 5.85. The Bertz CT molecular complexity index is 1530. The molecular formula is C28H23ClN4O2. The Morgan fingerprint density at radius 3 is 2.49 bits per heavy atom. The molecule has 3 aromatic carbocycles. The molecule has 35 heavy (non-hydrogen) atoms. The van der Waals surface area contributed by atoms with Gasteiger partial charge in [-0.1, -0.05) is 54.1 Å². The van der Waals surface area contributed by atoms with Crippen LogP contribution < -0.4 is 10.9 Å². The maximum Gasteiger partial charge on any atom is 0.269 e. The molecule has 7 heteroatoms. The highest BCUT2D eigenvalue weighted by Crippen LogP contribution is 2.31. The maximum atomic E-state index is 12.4. The van der Waals surface area contributed by atoms with Crippen LogP contribution in [0.5, 0.6) is 0 Å². The monoisotopic (exact) mass is 482 g/mol. The fourth-order valence-corrected chi connectivity index (χ4v) is 4.30. The first kappa shape index (κ1) is 22.6. The molecule has 0 atom stereocenters. The summed E-state index contributed by atoms with van der Waals surface area (Å²) in [5, 5.41) is 2.75. The van der Waals surface area contributed by atoms with Gasteiger partial charge in [0.1, 0.15) is 0 Å². The van der Waals surface area contributed by atoms with E-state index in [4.69, 9.17) is 16.6 Å². The van der Waals surface area contributed by atoms with Gasteiger partial charge in [-0.25, -0.2) is 4.98 Å². The van der Waals surface area contributed by atoms with E-state index in [1.54, 1.807) is 24.3 Å². The van der Waals surface area contributed by atoms with E-state index in [1.807, 2.05) is 48.5 Å². The zero-order valence-electron chi connectivity index (χ0n) is 18.8. The van der Waals surface area contributed by atoms with Crippen molar-refractivity contribution in [3.05, 3.63) is 101 Å². The van der Waals surface area contributed by atoms with E-state index >= 15 is 0 Å². The van der Waals surface area contributed by atoms with Crippen molar-refractivity contribution in [1.29, 1.82) is 0 Å². The second-order valence-electron chi connectivity index (χ2n) is 8.28. The Kier molecular flexibility index (Phi) is 6.46. The predicted molar refractivity (Wildman–Crippen MR) is 139 cm³/mol. The number of aromatic amines is 1. The van der Waals surface area contributed by atoms with E-state index in [2.05, 4.69) is 28.0 Å². The minimum atomic E-state index is -0.392. The normalized spacial score (nSPS) is 11.0. The van der Waals surface area contributed by atoms with Crippen molar-refractivity contribution in [2.45, 2.75) is 19.3 Å². The van der Waals surface area contributed by atoms with Crippen LogP contribution in [0.3, 0.4) is 0 Å². The number of nitrogens with one attached hydrogen (secondary N) is 3. The van der Waals surface area contributed by atoms with Crippen molar-refractivity contribution in [3.63, 3.8) is 0 Å². The summed E-state index contributed by atoms with van der Waals surface area (Å²) in [6, 6.07) is 26.7. The van der Waals surface area contributed by atoms with Crippen LogP contribution in [0, 0.1) is 0 Å². The molecule has 0 aliphatic carbocycles. The first-order chi connectivity index (χ1) is 17.1. The number of para-hydroxylation sites is 2. The number of rotatable bonds is 6. The molecule has 0 fully saturated rings. The molecule has 2 heterocycles. The van der Waals surface area contributed by atoms with Gasteiger partial charge in [-0.15, -0.1) is 0 Å². The van der Waals surface area contributed by atoms with Crippen molar-refractivity contribution in [3.8, 4) is 11.4 Å². The Labute approximate surface area is 207 Å². The highest BCUT2D eigenvalue weighted by molar-refractivity contribution is 6.30. The molecule has 0 saturated carbocycles. The number of benzene rings is 3. The highest BCUT2D eigenvalue weighted by Gasteiger charge is 2.15. The van der Waals surface area contributed by atoms with Crippen LogP contribution in [0.25, 0.3) is 33.2 Å². The van der Waals surface area contributed by atoms with Gasteiger partial charge in [-0.05, 0) is 60.9 Å². The van der Waals surface area contributed by atoms with Gasteiger partial charge in [0.05, 0.1) is 16.9 Å². The van der Waals surface area contributed by atoms with Crippen LogP contribution in [0.4, 0.5) is 0 Å². The van der Waals surface area contributed by atoms with Crippen molar-refractivity contribution >= 4 is 45.2 Å². The van der Waals surface area contributed by atoms with Crippen LogP contribution >= 0.6 is 11.6 Å². The number of carbonyl (C=O) groups is 2. The van der Waals surface area contributed by atoms with E-state index in [9.17, 15) is 9.59 Å². The molecule has 2 amide bonds. The minimum Gasteiger partial charge on any atom is -0.353 e. The number of hydrogen-bond acceptors (Lipinski definition) is 3. The number of hydrogen-bond donors (Lipinski definition) is 3. The standard InChI is InChI=1S/C28H23ClN4O2/c29-20-15-12-19(13-16-20)28(35)33-32-26(34)11-5-8-22-21-7-2-4-10-24(21)31-27(22)25-17-14-18-6-1-3-9-23(18)30-25/h1-4,6-7,9-10,12-17,31H,5,8,11H2,(H,32,34)(H,33,35). The molecule has 0 aliphatic rings. The number of fused-ring (bicyclic) bond motifs is 2. The lowest BCUT2D eigenvalue weighted by Crippen LogP contribution is -2.41. The van der Waals surface area contributed by atoms with E-state index in [1.165, 1.54) is 0 Å². The number of halogens is 1. The van der Waals surface area contributed by atoms with Gasteiger partial charge >= 0.3 is 0 Å². The van der Waals surface area contributed by atoms with Crippen LogP contribution in [0.2, 0.25) is 5.02 Å². The molecule has 0 bridgehead atoms. The third kappa shape index (κ3) is 5.03. The van der Waals surface area contributed by atoms with E-state index in [-0.39, 0.29) is 12.3 Å². The van der Waals surface area contributed by atoms with Crippen molar-refractivity contribution in [2.75, 3.05) is 0 Å². The average Bonchev–Trinajstić information content (AvgIpc) is 3.26. The first-order valence-electron chi connectivity index (χ1n) is 11.4. The lowest BCUT2D eigenvalue weighted by molar-refractivity contribution is -0.121. The number of pyridine rings is 1. The van der Waals surface area contributed by atoms with E-state index < -0.39 is 5.91 Å². The Morgan fingerprint density at radius 2 is 1.63 bits per heavy atom. The van der Waals surface area contributed by atoms with Crippen LogP contribution in [-0.4, -0.2) is 21.8 Å². The summed E-state index contributed by atoms with van der Waals surface area (Å²) in [5.41, 5.74) is 10.3. The summed E-state index contributed by atoms with van der Waals surface area (Å²) < 4.78 is 0. The highest BCUT2D eigenvalue weighted by atomic mass is 35.5. The zero-order valence-corrected chi connectivity index (χ0v) is 19.6. The van der Waals surface area contributed by atoms with Crippen molar-refractivity contribution < 1.29 is 9.59 Å². The lowest BCUT2D eigenvalue weighted by atomic mass is 10.0. The molecule has 6 nitrogen and oxygen atoms in total. The molecule has 3 N–H and O–H groups in total. The summed E-state index contributed by atoms with van der Waals surface area (Å²) in [5.74, 6) is -0.645. The fourth-order valence-electron chi connectivity index (χ4n) is 4.17. The summed E-state index contributed by atoms with van der Waals surface area (Å²) in [7, 11) is 0. The van der Waals surface area contributed by atoms with Gasteiger partial charge in [0, 0.05) is 33.3 Å². The smallest absolute Gasteiger partial charge is 0.269 e. The van der Waals surface area contributed by atoms with Gasteiger partial charge in [-0.3, -0.25) is 20.4 Å². The Morgan fingerprint density at radius 1 is 0.857 bits per heavy atom. The van der Waals surface area contributed by atoms with E-state index in [0.717, 1.165) is 38.8 Å². The molecule has 5 rings (SSSR count). The number of hydrazine groups is 1. The number of aryl methyl sites for hydroxylation is 1. The third-order valence-electron chi connectivity index (χ3n) is 5.92. The van der Waals surface area contributed by atoms with Gasteiger partial charge in [0.25, 0.3) is 5.91 Å². The van der Waals surface area contributed by atoms with E-state index in [0.29, 0.717) is 23.4 Å². The topological polar surface area (TPSA) is 86.9 Å². The predicted octanol–water partition coefficient (Wildman–Crippen LogP) is 5.82. The average molecular weight is 483 g/mol. The quantitative estimate of drug-likeness (QED) is 0.266.